The molecule has 148 valence electrons. The highest BCUT2D eigenvalue weighted by molar-refractivity contribution is 5.94. The molecule has 0 aliphatic carbocycles. The van der Waals surface area contributed by atoms with Gasteiger partial charge in [0.2, 0.25) is 0 Å². The predicted molar refractivity (Wildman–Crippen MR) is 110 cm³/mol. The summed E-state index contributed by atoms with van der Waals surface area (Å²) in [6, 6.07) is 14.0. The number of halogens is 1. The van der Waals surface area contributed by atoms with E-state index in [0.29, 0.717) is 25.2 Å². The lowest BCUT2D eigenvalue weighted by Gasteiger charge is -2.35. The number of benzene rings is 1. The van der Waals surface area contributed by atoms with Gasteiger partial charge in [-0.1, -0.05) is 18.2 Å². The summed E-state index contributed by atoms with van der Waals surface area (Å²) in [5, 5.41) is 3.23. The Morgan fingerprint density at radius 2 is 1.83 bits per heavy atom. The van der Waals surface area contributed by atoms with Crippen LogP contribution in [0.3, 0.4) is 0 Å². The van der Waals surface area contributed by atoms with Gasteiger partial charge in [0.25, 0.3) is 5.91 Å². The molecular formula is C22H22FN5O. The van der Waals surface area contributed by atoms with Gasteiger partial charge in [-0.3, -0.25) is 9.78 Å². The van der Waals surface area contributed by atoms with Crippen molar-refractivity contribution >= 4 is 17.4 Å². The molecule has 0 bridgehead atoms. The second kappa shape index (κ2) is 8.68. The Labute approximate surface area is 169 Å². The van der Waals surface area contributed by atoms with E-state index >= 15 is 0 Å². The van der Waals surface area contributed by atoms with E-state index in [4.69, 9.17) is 0 Å². The highest BCUT2D eigenvalue weighted by Crippen LogP contribution is 2.16. The highest BCUT2D eigenvalue weighted by Gasteiger charge is 2.23. The monoisotopic (exact) mass is 391 g/mol. The van der Waals surface area contributed by atoms with Gasteiger partial charge in [0.15, 0.2) is 0 Å². The molecule has 4 rings (SSSR count). The molecule has 1 N–H and O–H groups in total. The third-order valence-electron chi connectivity index (χ3n) is 4.94. The summed E-state index contributed by atoms with van der Waals surface area (Å²) >= 11 is 0. The van der Waals surface area contributed by atoms with Gasteiger partial charge >= 0.3 is 0 Å². The van der Waals surface area contributed by atoms with Crippen molar-refractivity contribution in [1.82, 2.24) is 14.9 Å². The maximum absolute atomic E-state index is 13.0. The first-order chi connectivity index (χ1) is 14.2. The largest absolute Gasteiger partial charge is 0.380 e. The molecule has 0 radical (unpaired) electrons. The first-order valence-electron chi connectivity index (χ1n) is 9.58. The molecule has 2 aromatic heterocycles. The molecule has 3 heterocycles. The Bertz CT molecular complexity index is 956. The van der Waals surface area contributed by atoms with Gasteiger partial charge in [-0.25, -0.2) is 9.37 Å². The third kappa shape index (κ3) is 4.68. The average molecular weight is 391 g/mol. The quantitative estimate of drug-likeness (QED) is 0.724. The van der Waals surface area contributed by atoms with Crippen LogP contribution in [-0.4, -0.2) is 47.0 Å². The van der Waals surface area contributed by atoms with Crippen LogP contribution in [0.5, 0.6) is 0 Å². The van der Waals surface area contributed by atoms with Gasteiger partial charge in [-0.05, 0) is 35.9 Å². The minimum Gasteiger partial charge on any atom is -0.380 e. The van der Waals surface area contributed by atoms with Gasteiger partial charge in [0, 0.05) is 51.3 Å². The van der Waals surface area contributed by atoms with Crippen LogP contribution in [0.25, 0.3) is 0 Å². The molecule has 1 aliphatic rings. The molecule has 1 aliphatic heterocycles. The van der Waals surface area contributed by atoms with Crippen LogP contribution in [-0.2, 0) is 6.54 Å². The molecule has 0 spiro atoms. The number of anilines is 2. The molecule has 0 saturated carbocycles. The Morgan fingerprint density at radius 3 is 2.55 bits per heavy atom. The van der Waals surface area contributed by atoms with Crippen LogP contribution in [0, 0.1) is 5.82 Å². The van der Waals surface area contributed by atoms with Crippen molar-refractivity contribution in [3.8, 4) is 0 Å². The van der Waals surface area contributed by atoms with Crippen molar-refractivity contribution < 1.29 is 9.18 Å². The second-order valence-corrected chi connectivity index (χ2v) is 6.91. The topological polar surface area (TPSA) is 61.4 Å². The molecule has 1 saturated heterocycles. The van der Waals surface area contributed by atoms with Crippen molar-refractivity contribution in [2.24, 2.45) is 0 Å². The first kappa shape index (κ1) is 18.9. The van der Waals surface area contributed by atoms with Crippen LogP contribution >= 0.6 is 0 Å². The van der Waals surface area contributed by atoms with Crippen LogP contribution in [0.4, 0.5) is 15.9 Å². The van der Waals surface area contributed by atoms with E-state index in [1.807, 2.05) is 29.2 Å². The Hall–Kier alpha value is -3.48. The normalized spacial score (nSPS) is 14.0. The van der Waals surface area contributed by atoms with Crippen molar-refractivity contribution in [2.45, 2.75) is 6.54 Å². The van der Waals surface area contributed by atoms with Gasteiger partial charge in [-0.2, -0.15) is 0 Å². The van der Waals surface area contributed by atoms with E-state index in [9.17, 15) is 9.18 Å². The number of nitrogens with zero attached hydrogens (tertiary/aromatic N) is 4. The van der Waals surface area contributed by atoms with E-state index in [1.54, 1.807) is 30.7 Å². The summed E-state index contributed by atoms with van der Waals surface area (Å²) in [6.07, 6.45) is 5.05. The van der Waals surface area contributed by atoms with E-state index in [2.05, 4.69) is 20.2 Å². The fraction of sp³-hybridized carbons (Fsp3) is 0.227. The van der Waals surface area contributed by atoms with Crippen molar-refractivity contribution in [3.05, 3.63) is 84.1 Å². The number of carbonyl (C=O) groups is 1. The molecular weight excluding hydrogens is 369 g/mol. The first-order valence-corrected chi connectivity index (χ1v) is 9.58. The number of hydrogen-bond acceptors (Lipinski definition) is 5. The zero-order valence-corrected chi connectivity index (χ0v) is 16.0. The summed E-state index contributed by atoms with van der Waals surface area (Å²) < 4.78 is 13.0. The van der Waals surface area contributed by atoms with Crippen molar-refractivity contribution in [3.63, 3.8) is 0 Å². The lowest BCUT2D eigenvalue weighted by atomic mass is 10.2. The Kier molecular flexibility index (Phi) is 5.65. The van der Waals surface area contributed by atoms with E-state index in [-0.39, 0.29) is 11.7 Å². The van der Waals surface area contributed by atoms with Crippen molar-refractivity contribution in [1.29, 1.82) is 0 Å². The molecule has 1 aromatic carbocycles. The Balaban J connectivity index is 1.35. The second-order valence-electron chi connectivity index (χ2n) is 6.91. The number of amides is 1. The smallest absolute Gasteiger partial charge is 0.255 e. The lowest BCUT2D eigenvalue weighted by molar-refractivity contribution is 0.0746. The van der Waals surface area contributed by atoms with Crippen LogP contribution in [0.2, 0.25) is 0 Å². The number of pyridine rings is 2. The molecule has 3 aromatic rings. The summed E-state index contributed by atoms with van der Waals surface area (Å²) in [5.74, 6) is 0.656. The van der Waals surface area contributed by atoms with Gasteiger partial charge in [0.1, 0.15) is 11.6 Å². The fourth-order valence-corrected chi connectivity index (χ4v) is 3.32. The third-order valence-corrected chi connectivity index (χ3v) is 4.94. The standard InChI is InChI=1S/C22H22FN5O/c23-19-6-4-17(5-7-19)14-26-20-13-18(15-24-16-20)22(29)28-11-9-27(10-12-28)21-3-1-2-8-25-21/h1-8,13,15-16,26H,9-12,14H2. The SMILES string of the molecule is O=C(c1cncc(NCc2ccc(F)cc2)c1)N1CCN(c2ccccn2)CC1. The molecule has 1 fully saturated rings. The molecule has 0 atom stereocenters. The number of aromatic nitrogens is 2. The zero-order valence-electron chi connectivity index (χ0n) is 16.0. The van der Waals surface area contributed by atoms with Crippen LogP contribution in [0.1, 0.15) is 15.9 Å². The van der Waals surface area contributed by atoms with Gasteiger partial charge in [0.05, 0.1) is 11.3 Å². The summed E-state index contributed by atoms with van der Waals surface area (Å²) in [6.45, 7) is 3.31. The van der Waals surface area contributed by atoms with Crippen LogP contribution in [0.15, 0.2) is 67.1 Å². The van der Waals surface area contributed by atoms with E-state index in [1.165, 1.54) is 12.1 Å². The number of nitrogens with one attached hydrogen (secondary N) is 1. The van der Waals surface area contributed by atoms with Gasteiger partial charge in [-0.15, -0.1) is 0 Å². The molecule has 1 amide bonds. The van der Waals surface area contributed by atoms with Crippen molar-refractivity contribution in [2.75, 3.05) is 36.4 Å². The summed E-state index contributed by atoms with van der Waals surface area (Å²) in [5.41, 5.74) is 2.27. The Morgan fingerprint density at radius 1 is 1.03 bits per heavy atom. The maximum atomic E-state index is 13.0. The maximum Gasteiger partial charge on any atom is 0.255 e. The summed E-state index contributed by atoms with van der Waals surface area (Å²) in [4.78, 5) is 25.5. The average Bonchev–Trinajstić information content (AvgIpc) is 2.79. The minimum atomic E-state index is -0.258. The molecule has 7 heteroatoms. The lowest BCUT2D eigenvalue weighted by Crippen LogP contribution is -2.49. The van der Waals surface area contributed by atoms with Crippen LogP contribution < -0.4 is 10.2 Å². The van der Waals surface area contributed by atoms with Gasteiger partial charge < -0.3 is 15.1 Å². The molecule has 0 unspecified atom stereocenters. The molecule has 6 nitrogen and oxygen atoms in total. The number of rotatable bonds is 5. The molecule has 29 heavy (non-hydrogen) atoms. The highest BCUT2D eigenvalue weighted by atomic mass is 19.1. The zero-order chi connectivity index (χ0) is 20.1. The van der Waals surface area contributed by atoms with E-state index < -0.39 is 0 Å². The van der Waals surface area contributed by atoms with E-state index in [0.717, 1.165) is 30.2 Å². The summed E-state index contributed by atoms with van der Waals surface area (Å²) in [7, 11) is 0. The number of piperazine rings is 1. The minimum absolute atomic E-state index is 0.0244. The number of hydrogen-bond donors (Lipinski definition) is 1. The number of carbonyl (C=O) groups excluding carboxylic acids is 1. The fourth-order valence-electron chi connectivity index (χ4n) is 3.32. The predicted octanol–water partition coefficient (Wildman–Crippen LogP) is 3.19.